The standard InChI is InChI=1S/C19H14FN3S/c1-12-2-4-13(5-3-12)16-10-24-19-17(16)18(21-11-22-19)23-15-8-6-14(20)7-9-15/h2-11H,1H3,(H,21,22,23). The summed E-state index contributed by atoms with van der Waals surface area (Å²) in [7, 11) is 0. The molecule has 1 N–H and O–H groups in total. The SMILES string of the molecule is Cc1ccc(-c2csc3ncnc(Nc4ccc(F)cc4)c23)cc1. The molecule has 4 aromatic rings. The lowest BCUT2D eigenvalue weighted by Crippen LogP contribution is -1.95. The largest absolute Gasteiger partial charge is 0.340 e. The zero-order valence-corrected chi connectivity index (χ0v) is 13.8. The molecule has 118 valence electrons. The third-order valence-electron chi connectivity index (χ3n) is 3.84. The van der Waals surface area contributed by atoms with Gasteiger partial charge in [0.1, 0.15) is 22.8 Å². The monoisotopic (exact) mass is 335 g/mol. The number of hydrogen-bond donors (Lipinski definition) is 1. The van der Waals surface area contributed by atoms with Crippen LogP contribution in [0.5, 0.6) is 0 Å². The lowest BCUT2D eigenvalue weighted by Gasteiger charge is -2.08. The normalized spacial score (nSPS) is 10.9. The highest BCUT2D eigenvalue weighted by Gasteiger charge is 2.13. The van der Waals surface area contributed by atoms with E-state index in [1.54, 1.807) is 29.8 Å². The topological polar surface area (TPSA) is 37.8 Å². The van der Waals surface area contributed by atoms with Crippen LogP contribution in [0.2, 0.25) is 0 Å². The van der Waals surface area contributed by atoms with Crippen LogP contribution in [0.25, 0.3) is 21.3 Å². The second kappa shape index (κ2) is 6.02. The number of aryl methyl sites for hydroxylation is 1. The Labute approximate surface area is 142 Å². The molecule has 24 heavy (non-hydrogen) atoms. The molecule has 0 saturated carbocycles. The van der Waals surface area contributed by atoms with Crippen molar-refractivity contribution in [3.05, 3.63) is 71.6 Å². The summed E-state index contributed by atoms with van der Waals surface area (Å²) in [6.07, 6.45) is 1.55. The maximum absolute atomic E-state index is 13.1. The van der Waals surface area contributed by atoms with Gasteiger partial charge in [-0.1, -0.05) is 29.8 Å². The van der Waals surface area contributed by atoms with Crippen LogP contribution in [-0.4, -0.2) is 9.97 Å². The number of nitrogens with zero attached hydrogens (tertiary/aromatic N) is 2. The van der Waals surface area contributed by atoms with Gasteiger partial charge in [-0.2, -0.15) is 0 Å². The Morgan fingerprint density at radius 2 is 1.71 bits per heavy atom. The summed E-state index contributed by atoms with van der Waals surface area (Å²) < 4.78 is 13.1. The third kappa shape index (κ3) is 2.74. The van der Waals surface area contributed by atoms with E-state index in [2.05, 4.69) is 51.9 Å². The average Bonchev–Trinajstić information content (AvgIpc) is 3.03. The maximum Gasteiger partial charge on any atom is 0.143 e. The molecule has 0 aliphatic heterocycles. The number of nitrogens with one attached hydrogen (secondary N) is 1. The molecule has 4 rings (SSSR count). The van der Waals surface area contributed by atoms with E-state index in [4.69, 9.17) is 0 Å². The number of rotatable bonds is 3. The summed E-state index contributed by atoms with van der Waals surface area (Å²) >= 11 is 1.59. The molecule has 2 aromatic heterocycles. The van der Waals surface area contributed by atoms with Gasteiger partial charge in [-0.05, 0) is 36.8 Å². The van der Waals surface area contributed by atoms with E-state index in [0.29, 0.717) is 0 Å². The Balaban J connectivity index is 1.82. The van der Waals surface area contributed by atoms with E-state index < -0.39 is 0 Å². The predicted octanol–water partition coefficient (Wildman–Crippen LogP) is 5.55. The zero-order chi connectivity index (χ0) is 16.5. The summed E-state index contributed by atoms with van der Waals surface area (Å²) in [5.41, 5.74) is 4.24. The lowest BCUT2D eigenvalue weighted by molar-refractivity contribution is 0.628. The minimum absolute atomic E-state index is 0.260. The number of fused-ring (bicyclic) bond motifs is 1. The highest BCUT2D eigenvalue weighted by atomic mass is 32.1. The van der Waals surface area contributed by atoms with Gasteiger partial charge in [0, 0.05) is 16.6 Å². The van der Waals surface area contributed by atoms with E-state index in [9.17, 15) is 4.39 Å². The van der Waals surface area contributed by atoms with Crippen LogP contribution < -0.4 is 5.32 Å². The lowest BCUT2D eigenvalue weighted by atomic mass is 10.0. The highest BCUT2D eigenvalue weighted by Crippen LogP contribution is 2.37. The molecule has 0 bridgehead atoms. The van der Waals surface area contributed by atoms with Gasteiger partial charge in [-0.25, -0.2) is 14.4 Å². The number of halogens is 1. The van der Waals surface area contributed by atoms with Gasteiger partial charge in [0.25, 0.3) is 0 Å². The van der Waals surface area contributed by atoms with Crippen molar-refractivity contribution in [2.24, 2.45) is 0 Å². The van der Waals surface area contributed by atoms with Gasteiger partial charge in [-0.3, -0.25) is 0 Å². The van der Waals surface area contributed by atoms with E-state index in [1.807, 2.05) is 0 Å². The minimum atomic E-state index is -0.260. The van der Waals surface area contributed by atoms with Gasteiger partial charge in [0.15, 0.2) is 0 Å². The number of hydrogen-bond acceptors (Lipinski definition) is 4. The molecule has 0 aliphatic rings. The summed E-state index contributed by atoms with van der Waals surface area (Å²) in [5.74, 6) is 0.465. The summed E-state index contributed by atoms with van der Waals surface area (Å²) in [4.78, 5) is 9.68. The van der Waals surface area contributed by atoms with Gasteiger partial charge >= 0.3 is 0 Å². The molecule has 0 unspecified atom stereocenters. The number of aromatic nitrogens is 2. The molecule has 0 saturated heterocycles. The highest BCUT2D eigenvalue weighted by molar-refractivity contribution is 7.17. The minimum Gasteiger partial charge on any atom is -0.340 e. The van der Waals surface area contributed by atoms with Crippen molar-refractivity contribution in [2.75, 3.05) is 5.32 Å². The zero-order valence-electron chi connectivity index (χ0n) is 13.0. The summed E-state index contributed by atoms with van der Waals surface area (Å²) in [5, 5.41) is 6.35. The van der Waals surface area contributed by atoms with Crippen molar-refractivity contribution in [3.63, 3.8) is 0 Å². The smallest absolute Gasteiger partial charge is 0.143 e. The van der Waals surface area contributed by atoms with Crippen molar-refractivity contribution in [1.82, 2.24) is 9.97 Å². The third-order valence-corrected chi connectivity index (χ3v) is 4.73. The fourth-order valence-corrected chi connectivity index (χ4v) is 3.50. The van der Waals surface area contributed by atoms with Gasteiger partial charge < -0.3 is 5.32 Å². The van der Waals surface area contributed by atoms with Gasteiger partial charge in [0.05, 0.1) is 5.39 Å². The molecule has 3 nitrogen and oxygen atoms in total. The Hall–Kier alpha value is -2.79. The fourth-order valence-electron chi connectivity index (χ4n) is 2.59. The molecule has 0 amide bonds. The van der Waals surface area contributed by atoms with Crippen molar-refractivity contribution >= 4 is 33.1 Å². The number of thiophene rings is 1. The maximum atomic E-state index is 13.1. The van der Waals surface area contributed by atoms with Crippen molar-refractivity contribution < 1.29 is 4.39 Å². The van der Waals surface area contributed by atoms with Crippen LogP contribution >= 0.6 is 11.3 Å². The first-order chi connectivity index (χ1) is 11.7. The first-order valence-electron chi connectivity index (χ1n) is 7.52. The second-order valence-corrected chi connectivity index (χ2v) is 6.41. The van der Waals surface area contributed by atoms with Crippen molar-refractivity contribution in [3.8, 4) is 11.1 Å². The molecule has 2 heterocycles. The molecule has 0 radical (unpaired) electrons. The quantitative estimate of drug-likeness (QED) is 0.533. The molecule has 0 spiro atoms. The van der Waals surface area contributed by atoms with Crippen molar-refractivity contribution in [1.29, 1.82) is 0 Å². The van der Waals surface area contributed by atoms with Crippen LogP contribution in [-0.2, 0) is 0 Å². The summed E-state index contributed by atoms with van der Waals surface area (Å²) in [6.45, 7) is 2.07. The Bertz CT molecular complexity index is 991. The molecule has 5 heteroatoms. The molecule has 0 aliphatic carbocycles. The van der Waals surface area contributed by atoms with Crippen molar-refractivity contribution in [2.45, 2.75) is 6.92 Å². The molecule has 2 aromatic carbocycles. The molecular formula is C19H14FN3S. The molecular weight excluding hydrogens is 321 g/mol. The van der Waals surface area contributed by atoms with Gasteiger partial charge in [-0.15, -0.1) is 11.3 Å². The number of benzene rings is 2. The first-order valence-corrected chi connectivity index (χ1v) is 8.40. The Morgan fingerprint density at radius 1 is 0.958 bits per heavy atom. The van der Waals surface area contributed by atoms with Crippen LogP contribution in [0.3, 0.4) is 0 Å². The van der Waals surface area contributed by atoms with E-state index in [1.165, 1.54) is 17.7 Å². The van der Waals surface area contributed by atoms with Crippen LogP contribution in [0.1, 0.15) is 5.56 Å². The van der Waals surface area contributed by atoms with E-state index in [-0.39, 0.29) is 5.82 Å². The van der Waals surface area contributed by atoms with Gasteiger partial charge in [0.2, 0.25) is 0 Å². The average molecular weight is 335 g/mol. The molecule has 0 atom stereocenters. The van der Waals surface area contributed by atoms with E-state index >= 15 is 0 Å². The predicted molar refractivity (Wildman–Crippen MR) is 97.3 cm³/mol. The summed E-state index contributed by atoms with van der Waals surface area (Å²) in [6, 6.07) is 14.6. The van der Waals surface area contributed by atoms with Crippen LogP contribution in [0.4, 0.5) is 15.9 Å². The number of anilines is 2. The first kappa shape index (κ1) is 14.8. The van der Waals surface area contributed by atoms with Crippen LogP contribution in [0.15, 0.2) is 60.2 Å². The van der Waals surface area contributed by atoms with Crippen LogP contribution in [0, 0.1) is 12.7 Å². The second-order valence-electron chi connectivity index (χ2n) is 5.55. The Kier molecular flexibility index (Phi) is 3.70. The Morgan fingerprint density at radius 3 is 2.46 bits per heavy atom. The van der Waals surface area contributed by atoms with E-state index in [0.717, 1.165) is 32.8 Å². The fraction of sp³-hybridized carbons (Fsp3) is 0.0526. The molecule has 0 fully saturated rings.